The normalized spacial score (nSPS) is 23.2. The molecule has 0 radical (unpaired) electrons. The number of ether oxygens (including phenoxy) is 4. The van der Waals surface area contributed by atoms with Gasteiger partial charge in [-0.05, 0) is 64.1 Å². The summed E-state index contributed by atoms with van der Waals surface area (Å²) in [5, 5.41) is 46.3. The number of anilines is 4. The zero-order valence-electron chi connectivity index (χ0n) is 38.8. The van der Waals surface area contributed by atoms with Crippen molar-refractivity contribution < 1.29 is 65.2 Å². The molecule has 3 aliphatic heterocycles. The second-order valence-corrected chi connectivity index (χ2v) is 19.7. The summed E-state index contributed by atoms with van der Waals surface area (Å²) in [4.78, 5) is 74.6. The number of aromatic nitrogens is 8. The number of aliphatic hydroxyl groups is 2. The number of carbonyl (C=O) groups is 4. The smallest absolute Gasteiger partial charge is 0.324 e. The molecule has 6 aromatic rings. The van der Waals surface area contributed by atoms with Gasteiger partial charge in [-0.15, -0.1) is 0 Å². The van der Waals surface area contributed by atoms with E-state index in [0.29, 0.717) is 18.7 Å². The third-order valence-corrected chi connectivity index (χ3v) is 12.9. The summed E-state index contributed by atoms with van der Waals surface area (Å²) in [6.07, 6.45) is -3.33. The van der Waals surface area contributed by atoms with Gasteiger partial charge in [0.05, 0.1) is 22.4 Å². The van der Waals surface area contributed by atoms with Gasteiger partial charge in [-0.3, -0.25) is 29.4 Å². The van der Waals surface area contributed by atoms with Crippen molar-refractivity contribution in [2.45, 2.75) is 92.4 Å². The van der Waals surface area contributed by atoms with Crippen LogP contribution in [-0.4, -0.2) is 145 Å². The Bertz CT molecular complexity index is 3320. The van der Waals surface area contributed by atoms with Gasteiger partial charge < -0.3 is 50.4 Å². The van der Waals surface area contributed by atoms with Crippen LogP contribution in [0.4, 0.5) is 32.6 Å². The molecule has 2 aromatic carbocycles. The van der Waals surface area contributed by atoms with E-state index in [0.717, 1.165) is 6.33 Å². The number of amides is 6. The van der Waals surface area contributed by atoms with E-state index in [1.165, 1.54) is 72.1 Å². The number of sulfonamides is 2. The fraction of sp³-hybridized carbons (Fsp3) is 0.366. The molecule has 3 aliphatic rings. The van der Waals surface area contributed by atoms with E-state index < -0.39 is 92.9 Å². The molecule has 9 rings (SSSR count). The second kappa shape index (κ2) is 20.6. The second-order valence-electron chi connectivity index (χ2n) is 16.6. The van der Waals surface area contributed by atoms with Gasteiger partial charge in [-0.25, -0.2) is 66.6 Å². The highest BCUT2D eigenvalue weighted by Crippen LogP contribution is 2.44. The summed E-state index contributed by atoms with van der Waals surface area (Å²) in [7, 11) is -7.90. The third kappa shape index (κ3) is 11.2. The van der Waals surface area contributed by atoms with Gasteiger partial charge in [-0.1, -0.05) is 12.1 Å². The highest BCUT2D eigenvalue weighted by Gasteiger charge is 2.58. The first kappa shape index (κ1) is 51.9. The van der Waals surface area contributed by atoms with Crippen LogP contribution in [0.5, 0.6) is 0 Å². The number of carbonyl (C=O) groups excluding carboxylic acids is 4. The third-order valence-electron chi connectivity index (χ3n) is 11.1. The molecule has 12 N–H and O–H groups in total. The van der Waals surface area contributed by atoms with Crippen molar-refractivity contribution in [3.05, 3.63) is 73.8 Å². The standard InChI is InChI=1S/C22H26N8O7S.C19H22N8O7S/c1-4-24-19(31)15-14-16(37-22(2,3)36-14)20(35-15)30-10-27-13-17(25-9-26-18(13)30)29-21(32)28-11-6-5-7-12(8-11)38(23,33)34;1-2-21-17(30)14-12(28)13(29)18(34-14)27-8-24-11-15(22-7-23-16(11)27)26-19(31)25-9-4-3-5-10(6-9)35(20,32)33/h5-10,14-16,20H,4H2,1-3H3,(H,24,31)(H2,23,33,34)(H2,25,26,28,29,32);3-8,12-14,18,28-29H,2H2,1H3,(H,21,30)(H2,20,32,33)(H2,22,23,25,26,31)/t14?,15-,16?,20+;12?,13?,14-,18+/m00/s1. The molecule has 8 atom stereocenters. The lowest BCUT2D eigenvalue weighted by Gasteiger charge is -2.24. The van der Waals surface area contributed by atoms with Crippen LogP contribution < -0.4 is 42.2 Å². The zero-order chi connectivity index (χ0) is 52.6. The van der Waals surface area contributed by atoms with Crippen molar-refractivity contribution in [1.82, 2.24) is 49.7 Å². The first-order valence-electron chi connectivity index (χ1n) is 21.9. The lowest BCUT2D eigenvalue weighted by Crippen LogP contribution is -2.42. The number of nitrogens with two attached hydrogens (primary N) is 2. The number of likely N-dealkylation sites (N-methyl/N-ethyl adjacent to an activating group) is 2. The summed E-state index contributed by atoms with van der Waals surface area (Å²) < 4.78 is 72.8. The number of benzene rings is 2. The van der Waals surface area contributed by atoms with Crippen LogP contribution in [0.25, 0.3) is 22.3 Å². The summed E-state index contributed by atoms with van der Waals surface area (Å²) in [6, 6.07) is 9.38. The van der Waals surface area contributed by atoms with E-state index in [1.807, 2.05) is 0 Å². The molecule has 0 spiro atoms. The highest BCUT2D eigenvalue weighted by atomic mass is 32.2. The summed E-state index contributed by atoms with van der Waals surface area (Å²) in [5.41, 5.74) is 1.22. The molecule has 0 saturated carbocycles. The van der Waals surface area contributed by atoms with E-state index in [9.17, 15) is 46.2 Å². The Kier molecular flexibility index (Phi) is 14.7. The molecule has 3 saturated heterocycles. The largest absolute Gasteiger partial charge is 0.387 e. The number of urea groups is 2. The molecule has 4 aromatic heterocycles. The van der Waals surface area contributed by atoms with Gasteiger partial charge in [0.1, 0.15) is 37.1 Å². The minimum absolute atomic E-state index is 0.00200. The Labute approximate surface area is 413 Å². The Morgan fingerprint density at radius 2 is 1.08 bits per heavy atom. The molecule has 388 valence electrons. The summed E-state index contributed by atoms with van der Waals surface area (Å²) in [5.74, 6) is -1.74. The Balaban J connectivity index is 0.000000196. The van der Waals surface area contributed by atoms with Gasteiger partial charge in [0.2, 0.25) is 20.0 Å². The lowest BCUT2D eigenvalue weighted by molar-refractivity contribution is -0.197. The van der Waals surface area contributed by atoms with Gasteiger partial charge in [0.15, 0.2) is 64.4 Å². The fourth-order valence-electron chi connectivity index (χ4n) is 7.97. The lowest BCUT2D eigenvalue weighted by atomic mass is 10.1. The average Bonchev–Trinajstić information content (AvgIpc) is 4.15. The molecular weight excluding hydrogens is 1000 g/mol. The van der Waals surface area contributed by atoms with Crippen LogP contribution in [0.15, 0.2) is 83.6 Å². The van der Waals surface area contributed by atoms with Gasteiger partial charge >= 0.3 is 12.1 Å². The highest BCUT2D eigenvalue weighted by molar-refractivity contribution is 7.89. The minimum atomic E-state index is -3.96. The molecule has 0 bridgehead atoms. The van der Waals surface area contributed by atoms with Crippen LogP contribution in [-0.2, 0) is 48.6 Å². The Morgan fingerprint density at radius 3 is 1.56 bits per heavy atom. The van der Waals surface area contributed by atoms with Crippen LogP contribution in [0.1, 0.15) is 40.2 Å². The zero-order valence-corrected chi connectivity index (χ0v) is 40.4. The van der Waals surface area contributed by atoms with E-state index in [-0.39, 0.29) is 55.4 Å². The van der Waals surface area contributed by atoms with Crippen LogP contribution in [0.3, 0.4) is 0 Å². The molecule has 3 fully saturated rings. The number of imidazole rings is 2. The number of fused-ring (bicyclic) bond motifs is 3. The Morgan fingerprint density at radius 1 is 0.630 bits per heavy atom. The molecule has 32 heteroatoms. The molecule has 73 heavy (non-hydrogen) atoms. The van der Waals surface area contributed by atoms with Crippen molar-refractivity contribution in [2.75, 3.05) is 34.4 Å². The summed E-state index contributed by atoms with van der Waals surface area (Å²) in [6.45, 7) is 7.76. The molecule has 4 unspecified atom stereocenters. The predicted molar refractivity (Wildman–Crippen MR) is 253 cm³/mol. The van der Waals surface area contributed by atoms with Crippen molar-refractivity contribution in [2.24, 2.45) is 10.3 Å². The first-order chi connectivity index (χ1) is 34.6. The number of primary sulfonamides is 2. The Hall–Kier alpha value is -7.40. The maximum atomic E-state index is 12.7. The molecular formula is C41H48N16O14S2. The van der Waals surface area contributed by atoms with E-state index in [4.69, 9.17) is 29.2 Å². The van der Waals surface area contributed by atoms with E-state index in [2.05, 4.69) is 61.8 Å². The van der Waals surface area contributed by atoms with Crippen molar-refractivity contribution in [3.8, 4) is 0 Å². The maximum Gasteiger partial charge on any atom is 0.324 e. The predicted octanol–water partition coefficient (Wildman–Crippen LogP) is -0.456. The van der Waals surface area contributed by atoms with Gasteiger partial charge in [0, 0.05) is 24.5 Å². The quantitative estimate of drug-likeness (QED) is 0.0741. The maximum absolute atomic E-state index is 12.7. The number of rotatable bonds is 12. The van der Waals surface area contributed by atoms with Crippen LogP contribution >= 0.6 is 0 Å². The van der Waals surface area contributed by atoms with Crippen LogP contribution in [0, 0.1) is 0 Å². The number of hydrogen-bond acceptors (Lipinski definition) is 20. The number of hydrogen-bond donors (Lipinski definition) is 10. The van der Waals surface area contributed by atoms with E-state index in [1.54, 1.807) is 32.3 Å². The number of nitrogens with one attached hydrogen (secondary N) is 6. The van der Waals surface area contributed by atoms with Crippen molar-refractivity contribution >= 4 is 89.3 Å². The van der Waals surface area contributed by atoms with Gasteiger partial charge in [-0.2, -0.15) is 0 Å². The molecule has 7 heterocycles. The SMILES string of the molecule is CCNC(=O)[C@H]1O[C@@H](n2cnc3c(NC(=O)Nc4cccc(S(N)(=O)=O)c4)ncnc32)C(O)C1O.CCNC(=O)[C@H]1O[C@@H](n2cnc3c(NC(=O)Nc4cccc(S(N)(=O)=O)c4)ncnc32)C2OC(C)(C)OC21. The topological polar surface area (TPSA) is 425 Å². The number of aliphatic hydroxyl groups excluding tert-OH is 2. The molecule has 0 aliphatic carbocycles. The minimum Gasteiger partial charge on any atom is -0.387 e. The average molecular weight is 1050 g/mol. The first-order valence-corrected chi connectivity index (χ1v) is 25.0. The van der Waals surface area contributed by atoms with Gasteiger partial charge in [0.25, 0.3) is 11.8 Å². The fourth-order valence-corrected chi connectivity index (χ4v) is 9.09. The van der Waals surface area contributed by atoms with Crippen molar-refractivity contribution in [3.63, 3.8) is 0 Å². The number of nitrogens with zero attached hydrogens (tertiary/aromatic N) is 8. The molecule has 6 amide bonds. The van der Waals surface area contributed by atoms with E-state index >= 15 is 0 Å². The summed E-state index contributed by atoms with van der Waals surface area (Å²) >= 11 is 0. The van der Waals surface area contributed by atoms with Crippen molar-refractivity contribution in [1.29, 1.82) is 0 Å². The molecule has 30 nitrogen and oxygen atoms in total. The monoisotopic (exact) mass is 1050 g/mol. The van der Waals surface area contributed by atoms with Crippen LogP contribution in [0.2, 0.25) is 0 Å².